The number of aromatic nitrogens is 1. The Labute approximate surface area is 218 Å². The van der Waals surface area contributed by atoms with Gasteiger partial charge in [-0.1, -0.05) is 12.1 Å². The van der Waals surface area contributed by atoms with E-state index in [4.69, 9.17) is 10.5 Å². The minimum Gasteiger partial charge on any atom is -0.454 e. The van der Waals surface area contributed by atoms with Gasteiger partial charge in [-0.05, 0) is 56.2 Å². The summed E-state index contributed by atoms with van der Waals surface area (Å²) in [5.41, 5.74) is 6.75. The van der Waals surface area contributed by atoms with Crippen LogP contribution in [0.3, 0.4) is 0 Å². The van der Waals surface area contributed by atoms with E-state index in [0.29, 0.717) is 36.4 Å². The zero-order chi connectivity index (χ0) is 27.4. The number of carbonyl (C=O) groups is 2. The first-order valence-electron chi connectivity index (χ1n) is 12.0. The molecule has 0 saturated carbocycles. The predicted molar refractivity (Wildman–Crippen MR) is 138 cm³/mol. The molecule has 4 rings (SSSR count). The van der Waals surface area contributed by atoms with Crippen LogP contribution in [-0.2, 0) is 16.8 Å². The van der Waals surface area contributed by atoms with Crippen molar-refractivity contribution in [2.75, 3.05) is 24.1 Å². The van der Waals surface area contributed by atoms with Gasteiger partial charge in [-0.15, -0.1) is 0 Å². The Balaban J connectivity index is 1.43. The van der Waals surface area contributed by atoms with Gasteiger partial charge in [0.15, 0.2) is 11.6 Å². The van der Waals surface area contributed by atoms with Crippen LogP contribution in [0.25, 0.3) is 0 Å². The number of rotatable bonds is 7. The van der Waals surface area contributed by atoms with E-state index in [-0.39, 0.29) is 23.7 Å². The molecule has 3 amide bonds. The molecule has 5 N–H and O–H groups in total. The zero-order valence-corrected chi connectivity index (χ0v) is 21.0. The maximum absolute atomic E-state index is 15.0. The fraction of sp³-hybridized carbons (Fsp3) is 0.296. The molecule has 9 nitrogen and oxygen atoms in total. The third kappa shape index (κ3) is 6.24. The lowest BCUT2D eigenvalue weighted by Crippen LogP contribution is -2.41. The van der Waals surface area contributed by atoms with Crippen molar-refractivity contribution in [1.82, 2.24) is 15.2 Å². The molecule has 11 heteroatoms. The van der Waals surface area contributed by atoms with Crippen molar-refractivity contribution in [3.8, 4) is 11.5 Å². The first kappa shape index (κ1) is 27.0. The van der Waals surface area contributed by atoms with Crippen molar-refractivity contribution in [1.29, 1.82) is 0 Å². The van der Waals surface area contributed by atoms with Crippen LogP contribution in [0, 0.1) is 11.6 Å². The molecule has 0 spiro atoms. The molecule has 0 unspecified atom stereocenters. The van der Waals surface area contributed by atoms with E-state index in [2.05, 4.69) is 20.5 Å². The molecule has 0 radical (unpaired) electrons. The summed E-state index contributed by atoms with van der Waals surface area (Å²) < 4.78 is 33.9. The van der Waals surface area contributed by atoms with Crippen LogP contribution >= 0.6 is 0 Å². The molecule has 1 fully saturated rings. The number of hydrogen-bond acceptors (Lipinski definition) is 7. The molecular weight excluding hydrogens is 496 g/mol. The number of aliphatic hydroxyl groups excluding tert-OH is 1. The summed E-state index contributed by atoms with van der Waals surface area (Å²) >= 11 is 0. The Morgan fingerprint density at radius 2 is 1.89 bits per heavy atom. The Morgan fingerprint density at radius 3 is 2.55 bits per heavy atom. The molecule has 38 heavy (non-hydrogen) atoms. The number of hydrogen-bond donors (Lipinski definition) is 4. The third-order valence-corrected chi connectivity index (χ3v) is 6.45. The van der Waals surface area contributed by atoms with E-state index in [1.807, 2.05) is 13.8 Å². The van der Waals surface area contributed by atoms with Gasteiger partial charge in [0.2, 0.25) is 5.91 Å². The standard InChI is InChI=1S/C27H29F2N5O4/c1-27(2,34-12-10-19(35)15-34)24-22(9-11-31-25(24)30)38-21-8-7-18(14-20(21)29)32-26(37)33-23(36)13-16-3-5-17(28)6-4-16/h3-9,11,14,19,35H,10,12-13,15H2,1-2H3,(H2,30,31)(H2,32,33,36,37)/t19-/m0/s1. The zero-order valence-electron chi connectivity index (χ0n) is 21.0. The molecule has 0 aliphatic carbocycles. The highest BCUT2D eigenvalue weighted by Gasteiger charge is 2.38. The van der Waals surface area contributed by atoms with Crippen LogP contribution in [0.1, 0.15) is 31.4 Å². The summed E-state index contributed by atoms with van der Waals surface area (Å²) in [4.78, 5) is 30.5. The number of nitrogens with zero attached hydrogens (tertiary/aromatic N) is 2. The highest BCUT2D eigenvalue weighted by molar-refractivity contribution is 6.01. The fourth-order valence-corrected chi connectivity index (χ4v) is 4.47. The lowest BCUT2D eigenvalue weighted by Gasteiger charge is -2.37. The lowest BCUT2D eigenvalue weighted by atomic mass is 9.92. The largest absolute Gasteiger partial charge is 0.454 e. The number of nitrogens with two attached hydrogens (primary N) is 1. The van der Waals surface area contributed by atoms with Gasteiger partial charge in [0.1, 0.15) is 17.4 Å². The summed E-state index contributed by atoms with van der Waals surface area (Å²) in [6.45, 7) is 4.99. The number of amides is 3. The number of aliphatic hydroxyl groups is 1. The number of halogens is 2. The van der Waals surface area contributed by atoms with Gasteiger partial charge in [0.05, 0.1) is 18.1 Å². The number of anilines is 2. The van der Waals surface area contributed by atoms with Crippen molar-refractivity contribution >= 4 is 23.4 Å². The number of urea groups is 1. The van der Waals surface area contributed by atoms with E-state index >= 15 is 0 Å². The van der Waals surface area contributed by atoms with Gasteiger partial charge in [-0.25, -0.2) is 18.6 Å². The molecule has 1 saturated heterocycles. The average molecular weight is 526 g/mol. The van der Waals surface area contributed by atoms with Crippen LogP contribution in [-0.4, -0.2) is 46.1 Å². The Bertz CT molecular complexity index is 1330. The van der Waals surface area contributed by atoms with Crippen LogP contribution < -0.4 is 21.1 Å². The number of nitrogen functional groups attached to an aromatic ring is 1. The number of carbonyl (C=O) groups excluding carboxylic acids is 2. The Morgan fingerprint density at radius 1 is 1.16 bits per heavy atom. The van der Waals surface area contributed by atoms with Crippen LogP contribution in [0.2, 0.25) is 0 Å². The van der Waals surface area contributed by atoms with Gasteiger partial charge < -0.3 is 20.9 Å². The van der Waals surface area contributed by atoms with E-state index in [0.717, 1.165) is 6.07 Å². The molecule has 1 aromatic heterocycles. The molecule has 2 aromatic carbocycles. The number of β-amino-alcohol motifs (C(OH)–C–C–N with tert-alkyl or cyclic N) is 1. The maximum Gasteiger partial charge on any atom is 0.325 e. The summed E-state index contributed by atoms with van der Waals surface area (Å²) in [6, 6.07) is 9.90. The van der Waals surface area contributed by atoms with Crippen molar-refractivity contribution in [3.63, 3.8) is 0 Å². The van der Waals surface area contributed by atoms with Crippen molar-refractivity contribution in [2.45, 2.75) is 38.3 Å². The summed E-state index contributed by atoms with van der Waals surface area (Å²) in [5.74, 6) is -1.35. The second-order valence-electron chi connectivity index (χ2n) is 9.57. The minimum atomic E-state index is -0.844. The number of nitrogens with one attached hydrogen (secondary N) is 2. The van der Waals surface area contributed by atoms with Gasteiger partial charge in [0, 0.05) is 36.6 Å². The molecular formula is C27H29F2N5O4. The van der Waals surface area contributed by atoms with E-state index in [9.17, 15) is 23.5 Å². The second-order valence-corrected chi connectivity index (χ2v) is 9.57. The third-order valence-electron chi connectivity index (χ3n) is 6.45. The molecule has 0 bridgehead atoms. The molecule has 3 aromatic rings. The predicted octanol–water partition coefficient (Wildman–Crippen LogP) is 3.93. The number of imide groups is 1. The minimum absolute atomic E-state index is 0.0998. The molecule has 1 aliphatic heterocycles. The summed E-state index contributed by atoms with van der Waals surface area (Å²) in [6.07, 6.45) is 1.53. The van der Waals surface area contributed by atoms with Crippen LogP contribution in [0.5, 0.6) is 11.5 Å². The lowest BCUT2D eigenvalue weighted by molar-refractivity contribution is -0.119. The maximum atomic E-state index is 15.0. The van der Waals surface area contributed by atoms with Gasteiger partial charge in [-0.2, -0.15) is 0 Å². The van der Waals surface area contributed by atoms with Crippen LogP contribution in [0.15, 0.2) is 54.7 Å². The fourth-order valence-electron chi connectivity index (χ4n) is 4.47. The van der Waals surface area contributed by atoms with E-state index in [1.165, 1.54) is 42.6 Å². The molecule has 1 aliphatic rings. The average Bonchev–Trinajstić information content (AvgIpc) is 3.29. The number of likely N-dealkylation sites (tertiary alicyclic amines) is 1. The second kappa shape index (κ2) is 11.1. The van der Waals surface area contributed by atoms with E-state index < -0.39 is 35.2 Å². The highest BCUT2D eigenvalue weighted by Crippen LogP contribution is 2.41. The normalized spacial score (nSPS) is 15.8. The molecule has 1 atom stereocenters. The van der Waals surface area contributed by atoms with Crippen molar-refractivity contribution in [3.05, 3.63) is 77.5 Å². The molecule has 200 valence electrons. The first-order chi connectivity index (χ1) is 18.0. The SMILES string of the molecule is CC(C)(c1c(Oc2ccc(NC(=O)NC(=O)Cc3ccc(F)cc3)cc2F)ccnc1N)N1CC[C@H](O)C1. The summed E-state index contributed by atoms with van der Waals surface area (Å²) in [5, 5.41) is 14.5. The van der Waals surface area contributed by atoms with Gasteiger partial charge >= 0.3 is 6.03 Å². The number of pyridine rings is 1. The van der Waals surface area contributed by atoms with E-state index in [1.54, 1.807) is 6.07 Å². The Kier molecular flexibility index (Phi) is 7.88. The monoisotopic (exact) mass is 525 g/mol. The summed E-state index contributed by atoms with van der Waals surface area (Å²) in [7, 11) is 0. The Hall–Kier alpha value is -4.09. The first-order valence-corrected chi connectivity index (χ1v) is 12.0. The van der Waals surface area contributed by atoms with Gasteiger partial charge in [-0.3, -0.25) is 15.0 Å². The quantitative estimate of drug-likeness (QED) is 0.368. The smallest absolute Gasteiger partial charge is 0.325 e. The number of benzene rings is 2. The van der Waals surface area contributed by atoms with Crippen molar-refractivity contribution < 1.29 is 28.2 Å². The van der Waals surface area contributed by atoms with Crippen molar-refractivity contribution in [2.24, 2.45) is 0 Å². The van der Waals surface area contributed by atoms with Gasteiger partial charge in [0.25, 0.3) is 0 Å². The molecule has 2 heterocycles. The topological polar surface area (TPSA) is 130 Å². The van der Waals surface area contributed by atoms with Crippen LogP contribution in [0.4, 0.5) is 25.1 Å². The number of ether oxygens (including phenoxy) is 1. The highest BCUT2D eigenvalue weighted by atomic mass is 19.1.